The maximum Gasteiger partial charge on any atom is 0.308 e. The van der Waals surface area contributed by atoms with Crippen LogP contribution in [-0.2, 0) is 41.6 Å². The average molecular weight is 625 g/mol. The molecule has 0 radical (unpaired) electrons. The molecular formula is C32H44N6O7. The zero-order valence-corrected chi connectivity index (χ0v) is 26.1. The van der Waals surface area contributed by atoms with E-state index in [2.05, 4.69) is 15.3 Å². The first-order valence-corrected chi connectivity index (χ1v) is 15.3. The Balaban J connectivity index is 1.34. The number of fused-ring (bicyclic) bond motifs is 2. The summed E-state index contributed by atoms with van der Waals surface area (Å²) in [7, 11) is 3.02. The van der Waals surface area contributed by atoms with Crippen molar-refractivity contribution in [1.82, 2.24) is 19.8 Å². The molecule has 1 aliphatic rings. The molecule has 0 spiro atoms. The Morgan fingerprint density at radius 1 is 1.02 bits per heavy atom. The third-order valence-corrected chi connectivity index (χ3v) is 7.38. The number of aromatic nitrogens is 2. The number of methoxy groups -OCH3 is 1. The molecule has 0 aliphatic carbocycles. The SMILES string of the molecule is COC(=O)CC1Nc2ccc(C(=O)N(C)Cc3nc4ccccc4[nH]3)cc2CN(CCCOCCOCCOCCCN)C1=O. The van der Waals surface area contributed by atoms with E-state index in [9.17, 15) is 14.4 Å². The summed E-state index contributed by atoms with van der Waals surface area (Å²) < 4.78 is 21.4. The van der Waals surface area contributed by atoms with Gasteiger partial charge in [0.25, 0.3) is 5.91 Å². The fourth-order valence-electron chi connectivity index (χ4n) is 5.01. The highest BCUT2D eigenvalue weighted by atomic mass is 16.5. The zero-order valence-electron chi connectivity index (χ0n) is 26.1. The van der Waals surface area contributed by atoms with Crippen molar-refractivity contribution in [1.29, 1.82) is 0 Å². The molecule has 0 fully saturated rings. The molecule has 244 valence electrons. The largest absolute Gasteiger partial charge is 0.469 e. The summed E-state index contributed by atoms with van der Waals surface area (Å²) in [4.78, 5) is 50.1. The van der Waals surface area contributed by atoms with Gasteiger partial charge in [0.1, 0.15) is 11.9 Å². The molecule has 1 aliphatic heterocycles. The van der Waals surface area contributed by atoms with Crippen molar-refractivity contribution in [3.63, 3.8) is 0 Å². The molecular weight excluding hydrogens is 580 g/mol. The highest BCUT2D eigenvalue weighted by molar-refractivity contribution is 5.96. The number of anilines is 1. The molecule has 13 nitrogen and oxygen atoms in total. The summed E-state index contributed by atoms with van der Waals surface area (Å²) in [5.41, 5.74) is 9.15. The number of imidazole rings is 1. The number of benzene rings is 2. The van der Waals surface area contributed by atoms with E-state index in [0.717, 1.165) is 23.0 Å². The number of aromatic amines is 1. The number of hydrogen-bond donors (Lipinski definition) is 3. The van der Waals surface area contributed by atoms with E-state index in [0.29, 0.717) is 82.8 Å². The van der Waals surface area contributed by atoms with Crippen LogP contribution in [0.4, 0.5) is 5.69 Å². The Hall–Kier alpha value is -4.04. The quantitative estimate of drug-likeness (QED) is 0.142. The van der Waals surface area contributed by atoms with E-state index < -0.39 is 12.0 Å². The van der Waals surface area contributed by atoms with Gasteiger partial charge in [-0.05, 0) is 55.3 Å². The lowest BCUT2D eigenvalue weighted by Crippen LogP contribution is -2.42. The summed E-state index contributed by atoms with van der Waals surface area (Å²) >= 11 is 0. The molecule has 0 saturated carbocycles. The standard InChI is InChI=1S/C32H44N6O7/c1-37(22-29-35-26-7-3-4-8-27(26)36-29)31(40)23-9-10-25-24(19-23)21-38(32(41)28(34-25)20-30(39)42-2)12-6-14-44-16-18-45-17-15-43-13-5-11-33/h3-4,7-10,19,28,34H,5-6,11-18,20-22,33H2,1-2H3,(H,35,36). The Bertz CT molecular complexity index is 1380. The zero-order chi connectivity index (χ0) is 32.0. The van der Waals surface area contributed by atoms with Crippen molar-refractivity contribution >= 4 is 34.5 Å². The van der Waals surface area contributed by atoms with E-state index in [4.69, 9.17) is 24.7 Å². The van der Waals surface area contributed by atoms with Crippen LogP contribution in [0.25, 0.3) is 11.0 Å². The second kappa shape index (κ2) is 17.4. The summed E-state index contributed by atoms with van der Waals surface area (Å²) in [5, 5.41) is 3.20. The number of ether oxygens (including phenoxy) is 4. The number of esters is 1. The molecule has 2 heterocycles. The van der Waals surface area contributed by atoms with Crippen LogP contribution in [0.15, 0.2) is 42.5 Å². The van der Waals surface area contributed by atoms with Crippen molar-refractivity contribution < 1.29 is 33.3 Å². The van der Waals surface area contributed by atoms with Crippen LogP contribution in [0.2, 0.25) is 0 Å². The Morgan fingerprint density at radius 3 is 2.44 bits per heavy atom. The van der Waals surface area contributed by atoms with Gasteiger partial charge in [-0.25, -0.2) is 4.98 Å². The molecule has 13 heteroatoms. The van der Waals surface area contributed by atoms with Crippen LogP contribution in [-0.4, -0.2) is 110 Å². The minimum Gasteiger partial charge on any atom is -0.469 e. The van der Waals surface area contributed by atoms with Crippen molar-refractivity contribution in [2.45, 2.75) is 38.4 Å². The summed E-state index contributed by atoms with van der Waals surface area (Å²) in [6.45, 7) is 4.56. The molecule has 2 aromatic carbocycles. The van der Waals surface area contributed by atoms with Crippen LogP contribution in [0.5, 0.6) is 0 Å². The van der Waals surface area contributed by atoms with Gasteiger partial charge in [-0.3, -0.25) is 14.4 Å². The van der Waals surface area contributed by atoms with Gasteiger partial charge in [0.15, 0.2) is 0 Å². The number of para-hydroxylation sites is 2. The average Bonchev–Trinajstić information content (AvgIpc) is 3.40. The Kier molecular flexibility index (Phi) is 13.1. The second-order valence-corrected chi connectivity index (χ2v) is 10.8. The Labute approximate surface area is 263 Å². The van der Waals surface area contributed by atoms with Crippen LogP contribution in [0, 0.1) is 0 Å². The van der Waals surface area contributed by atoms with Gasteiger partial charge >= 0.3 is 5.97 Å². The van der Waals surface area contributed by atoms with Gasteiger partial charge < -0.3 is 44.8 Å². The molecule has 1 aromatic heterocycles. The summed E-state index contributed by atoms with van der Waals surface area (Å²) in [6, 6.07) is 12.2. The first-order chi connectivity index (χ1) is 21.9. The van der Waals surface area contributed by atoms with Gasteiger partial charge in [0.2, 0.25) is 5.91 Å². The number of nitrogens with two attached hydrogens (primary N) is 1. The molecule has 4 rings (SSSR count). The van der Waals surface area contributed by atoms with Gasteiger partial charge in [-0.15, -0.1) is 0 Å². The molecule has 3 aromatic rings. The monoisotopic (exact) mass is 624 g/mol. The predicted molar refractivity (Wildman–Crippen MR) is 169 cm³/mol. The first kappa shape index (κ1) is 33.8. The number of nitrogens with zero attached hydrogens (tertiary/aromatic N) is 3. The third kappa shape index (κ3) is 9.98. The fraction of sp³-hybridized carbons (Fsp3) is 0.500. The number of hydrogen-bond acceptors (Lipinski definition) is 10. The van der Waals surface area contributed by atoms with Crippen molar-refractivity contribution in [3.05, 3.63) is 59.4 Å². The number of amides is 2. The van der Waals surface area contributed by atoms with Crippen LogP contribution in [0.1, 0.15) is 41.0 Å². The first-order valence-electron chi connectivity index (χ1n) is 15.3. The summed E-state index contributed by atoms with van der Waals surface area (Å²) in [5.74, 6) is -0.197. The van der Waals surface area contributed by atoms with Gasteiger partial charge in [-0.1, -0.05) is 12.1 Å². The predicted octanol–water partition coefficient (Wildman–Crippen LogP) is 2.31. The van der Waals surface area contributed by atoms with Crippen LogP contribution >= 0.6 is 0 Å². The number of carbonyl (C=O) groups is 3. The molecule has 1 unspecified atom stereocenters. The lowest BCUT2D eigenvalue weighted by atomic mass is 10.1. The molecule has 45 heavy (non-hydrogen) atoms. The molecule has 0 saturated heterocycles. The van der Waals surface area contributed by atoms with E-state index in [-0.39, 0.29) is 24.8 Å². The van der Waals surface area contributed by atoms with E-state index in [1.807, 2.05) is 24.3 Å². The smallest absolute Gasteiger partial charge is 0.308 e. The van der Waals surface area contributed by atoms with Crippen molar-refractivity contribution in [2.24, 2.45) is 5.73 Å². The minimum absolute atomic E-state index is 0.115. The maximum atomic E-state index is 13.5. The number of H-pyrrole nitrogens is 1. The lowest BCUT2D eigenvalue weighted by molar-refractivity contribution is -0.144. The second-order valence-electron chi connectivity index (χ2n) is 10.8. The highest BCUT2D eigenvalue weighted by Gasteiger charge is 2.31. The summed E-state index contributed by atoms with van der Waals surface area (Å²) in [6.07, 6.45) is 1.30. The molecule has 1 atom stereocenters. The van der Waals surface area contributed by atoms with Gasteiger partial charge in [0.05, 0.1) is 57.5 Å². The van der Waals surface area contributed by atoms with E-state index >= 15 is 0 Å². The van der Waals surface area contributed by atoms with Crippen molar-refractivity contribution in [2.75, 3.05) is 72.2 Å². The van der Waals surface area contributed by atoms with Gasteiger partial charge in [-0.2, -0.15) is 0 Å². The fourth-order valence-corrected chi connectivity index (χ4v) is 5.01. The normalized spacial score (nSPS) is 14.6. The number of rotatable bonds is 18. The maximum absolute atomic E-state index is 13.5. The van der Waals surface area contributed by atoms with E-state index in [1.54, 1.807) is 35.0 Å². The van der Waals surface area contributed by atoms with E-state index in [1.165, 1.54) is 7.11 Å². The Morgan fingerprint density at radius 2 is 1.73 bits per heavy atom. The third-order valence-electron chi connectivity index (χ3n) is 7.38. The van der Waals surface area contributed by atoms with Crippen LogP contribution in [0.3, 0.4) is 0 Å². The lowest BCUT2D eigenvalue weighted by Gasteiger charge is -2.24. The molecule has 0 bridgehead atoms. The van der Waals surface area contributed by atoms with Gasteiger partial charge in [0, 0.05) is 44.6 Å². The van der Waals surface area contributed by atoms with Crippen molar-refractivity contribution in [3.8, 4) is 0 Å². The highest BCUT2D eigenvalue weighted by Crippen LogP contribution is 2.26. The minimum atomic E-state index is -0.794. The molecule has 2 amide bonds. The number of carbonyl (C=O) groups excluding carboxylic acids is 3. The van der Waals surface area contributed by atoms with Crippen LogP contribution < -0.4 is 11.1 Å². The number of nitrogens with one attached hydrogen (secondary N) is 2. The topological polar surface area (TPSA) is 161 Å². The molecule has 4 N–H and O–H groups in total.